The Morgan fingerprint density at radius 2 is 2.00 bits per heavy atom. The number of hydrogen-bond acceptors (Lipinski definition) is 4. The maximum atomic E-state index is 14.1. The summed E-state index contributed by atoms with van der Waals surface area (Å²) in [4.78, 5) is 0. The van der Waals surface area contributed by atoms with Crippen LogP contribution in [0.2, 0.25) is 0 Å². The van der Waals surface area contributed by atoms with Crippen LogP contribution in [-0.2, 0) is 4.74 Å². The third-order valence-electron chi connectivity index (χ3n) is 4.69. The van der Waals surface area contributed by atoms with Crippen LogP contribution in [0.4, 0.5) is 4.39 Å². The van der Waals surface area contributed by atoms with E-state index < -0.39 is 5.82 Å². The molecule has 0 aliphatic carbocycles. The van der Waals surface area contributed by atoms with E-state index in [1.54, 1.807) is 18.2 Å². The highest BCUT2D eigenvalue weighted by Crippen LogP contribution is 2.24. The smallest absolute Gasteiger partial charge is 0.165 e. The molecule has 1 aromatic heterocycles. The van der Waals surface area contributed by atoms with Crippen molar-refractivity contribution < 1.29 is 13.9 Å². The fraction of sp³-hybridized carbons (Fsp3) is 0.440. The first-order valence-electron chi connectivity index (χ1n) is 10.8. The lowest BCUT2D eigenvalue weighted by Gasteiger charge is -2.11. The normalized spacial score (nSPS) is 12.2. The average Bonchev–Trinajstić information content (AvgIpc) is 2.76. The van der Waals surface area contributed by atoms with Gasteiger partial charge in [0, 0.05) is 12.2 Å². The van der Waals surface area contributed by atoms with Gasteiger partial charge in [0.25, 0.3) is 0 Å². The van der Waals surface area contributed by atoms with Crippen molar-refractivity contribution in [2.24, 2.45) is 0 Å². The number of benzene rings is 1. The van der Waals surface area contributed by atoms with Crippen molar-refractivity contribution in [1.29, 1.82) is 0 Å². The molecule has 1 unspecified atom stereocenters. The van der Waals surface area contributed by atoms with Gasteiger partial charge in [-0.1, -0.05) is 38.5 Å². The molecule has 0 bridgehead atoms. The van der Waals surface area contributed by atoms with Gasteiger partial charge in [-0.2, -0.15) is 5.10 Å². The van der Waals surface area contributed by atoms with Crippen LogP contribution >= 0.6 is 0 Å². The summed E-state index contributed by atoms with van der Waals surface area (Å²) in [6.07, 6.45) is 12.7. The summed E-state index contributed by atoms with van der Waals surface area (Å²) in [7, 11) is 0. The summed E-state index contributed by atoms with van der Waals surface area (Å²) >= 11 is 0. The Morgan fingerprint density at radius 3 is 2.70 bits per heavy atom. The largest absolute Gasteiger partial charge is 0.486 e. The zero-order chi connectivity index (χ0) is 21.6. The molecule has 30 heavy (non-hydrogen) atoms. The number of rotatable bonds is 14. The topological polar surface area (TPSA) is 44.2 Å². The van der Waals surface area contributed by atoms with Gasteiger partial charge < -0.3 is 9.47 Å². The van der Waals surface area contributed by atoms with E-state index in [0.717, 1.165) is 38.0 Å². The van der Waals surface area contributed by atoms with Crippen LogP contribution in [0.25, 0.3) is 17.3 Å². The number of ether oxygens (including phenoxy) is 2. The molecule has 0 aliphatic heterocycles. The van der Waals surface area contributed by atoms with Gasteiger partial charge in [0.2, 0.25) is 0 Å². The van der Waals surface area contributed by atoms with Crippen molar-refractivity contribution in [3.63, 3.8) is 0 Å². The Kier molecular flexibility index (Phi) is 10.8. The van der Waals surface area contributed by atoms with Gasteiger partial charge in [-0.25, -0.2) is 4.39 Å². The summed E-state index contributed by atoms with van der Waals surface area (Å²) in [6.45, 7) is 9.03. The van der Waals surface area contributed by atoms with E-state index in [9.17, 15) is 4.39 Å². The fourth-order valence-corrected chi connectivity index (χ4v) is 2.96. The van der Waals surface area contributed by atoms with E-state index in [1.165, 1.54) is 18.9 Å². The molecular weight excluding hydrogens is 379 g/mol. The van der Waals surface area contributed by atoms with E-state index in [4.69, 9.17) is 9.47 Å². The Hall–Kier alpha value is -2.53. The monoisotopic (exact) mass is 412 g/mol. The predicted molar refractivity (Wildman–Crippen MR) is 121 cm³/mol. The van der Waals surface area contributed by atoms with Crippen LogP contribution in [0, 0.1) is 5.82 Å². The summed E-state index contributed by atoms with van der Waals surface area (Å²) < 4.78 is 25.2. The second kappa shape index (κ2) is 13.6. The van der Waals surface area contributed by atoms with Crippen LogP contribution in [-0.4, -0.2) is 29.5 Å². The van der Waals surface area contributed by atoms with Gasteiger partial charge in [0.05, 0.1) is 17.5 Å². The highest BCUT2D eigenvalue weighted by molar-refractivity contribution is 5.60. The minimum atomic E-state index is -0.427. The standard InChI is InChI=1S/C25H33FN2O2/c1-4-6-10-18-29-20(3)11-8-7-9-12-22-14-15-24(28-27-22)21-13-16-25(23(26)19-21)30-17-5-2/h5,9,12-16,19-20H,2,4,6-8,10-11,17-18H2,1,3H3/b12-9+. The van der Waals surface area contributed by atoms with Crippen molar-refractivity contribution in [2.75, 3.05) is 13.2 Å². The van der Waals surface area contributed by atoms with Crippen LogP contribution in [0.15, 0.2) is 49.1 Å². The van der Waals surface area contributed by atoms with Crippen LogP contribution < -0.4 is 4.74 Å². The molecule has 4 nitrogen and oxygen atoms in total. The third kappa shape index (κ3) is 8.46. The minimum absolute atomic E-state index is 0.201. The molecule has 162 valence electrons. The Bertz CT molecular complexity index is 790. The quantitative estimate of drug-likeness (QED) is 0.258. The lowest BCUT2D eigenvalue weighted by Crippen LogP contribution is -2.08. The van der Waals surface area contributed by atoms with Crippen LogP contribution in [0.3, 0.4) is 0 Å². The molecule has 0 saturated heterocycles. The van der Waals surface area contributed by atoms with Gasteiger partial charge in [-0.05, 0) is 69.0 Å². The molecule has 1 aromatic carbocycles. The first-order valence-corrected chi connectivity index (χ1v) is 10.8. The Labute approximate surface area is 179 Å². The number of halogens is 1. The molecule has 0 radical (unpaired) electrons. The van der Waals surface area contributed by atoms with Crippen molar-refractivity contribution in [3.05, 3.63) is 60.6 Å². The molecule has 5 heteroatoms. The van der Waals surface area contributed by atoms with Gasteiger partial charge in [-0.3, -0.25) is 0 Å². The molecule has 0 aliphatic rings. The summed E-state index contributed by atoms with van der Waals surface area (Å²) in [5.74, 6) is -0.226. The molecule has 1 heterocycles. The molecule has 0 N–H and O–H groups in total. The number of aromatic nitrogens is 2. The van der Waals surface area contributed by atoms with Crippen LogP contribution in [0.1, 0.15) is 58.1 Å². The first-order chi connectivity index (χ1) is 14.6. The van der Waals surface area contributed by atoms with Crippen molar-refractivity contribution in [2.45, 2.75) is 58.5 Å². The maximum absolute atomic E-state index is 14.1. The van der Waals surface area contributed by atoms with Crippen molar-refractivity contribution in [1.82, 2.24) is 10.2 Å². The first kappa shape index (κ1) is 23.7. The maximum Gasteiger partial charge on any atom is 0.165 e. The number of hydrogen-bond donors (Lipinski definition) is 0. The molecule has 0 fully saturated rings. The van der Waals surface area contributed by atoms with E-state index in [2.05, 4.69) is 36.7 Å². The van der Waals surface area contributed by atoms with Crippen molar-refractivity contribution in [3.8, 4) is 17.0 Å². The number of unbranched alkanes of at least 4 members (excludes halogenated alkanes) is 3. The van der Waals surface area contributed by atoms with Gasteiger partial charge in [0.1, 0.15) is 6.61 Å². The molecular formula is C25H33FN2O2. The summed E-state index contributed by atoms with van der Waals surface area (Å²) in [6, 6.07) is 8.50. The zero-order valence-electron chi connectivity index (χ0n) is 18.1. The van der Waals surface area contributed by atoms with E-state index in [-0.39, 0.29) is 12.4 Å². The minimum Gasteiger partial charge on any atom is -0.486 e. The molecule has 0 saturated carbocycles. The van der Waals surface area contributed by atoms with Crippen LogP contribution in [0.5, 0.6) is 5.75 Å². The molecule has 1 atom stereocenters. The molecule has 2 rings (SSSR count). The van der Waals surface area contributed by atoms with Crippen molar-refractivity contribution >= 4 is 6.08 Å². The SMILES string of the molecule is C=CCOc1ccc(-c2ccc(/C=C/CCCC(C)OCCCCC)nn2)cc1F. The van der Waals surface area contributed by atoms with E-state index >= 15 is 0 Å². The van der Waals surface area contributed by atoms with E-state index in [1.807, 2.05) is 18.2 Å². The predicted octanol–water partition coefficient (Wildman–Crippen LogP) is 6.63. The molecule has 2 aromatic rings. The second-order valence-corrected chi connectivity index (χ2v) is 7.31. The van der Waals surface area contributed by atoms with Gasteiger partial charge in [-0.15, -0.1) is 5.10 Å². The molecule has 0 amide bonds. The highest BCUT2D eigenvalue weighted by atomic mass is 19.1. The second-order valence-electron chi connectivity index (χ2n) is 7.31. The fourth-order valence-electron chi connectivity index (χ4n) is 2.96. The number of allylic oxidation sites excluding steroid dienone is 1. The Balaban J connectivity index is 1.77. The number of nitrogens with zero attached hydrogens (tertiary/aromatic N) is 2. The average molecular weight is 413 g/mol. The van der Waals surface area contributed by atoms with E-state index in [0.29, 0.717) is 17.4 Å². The third-order valence-corrected chi connectivity index (χ3v) is 4.69. The summed E-state index contributed by atoms with van der Waals surface area (Å²) in [5.41, 5.74) is 2.07. The highest BCUT2D eigenvalue weighted by Gasteiger charge is 2.07. The molecule has 0 spiro atoms. The lowest BCUT2D eigenvalue weighted by molar-refractivity contribution is 0.0566. The Morgan fingerprint density at radius 1 is 1.13 bits per heavy atom. The van der Waals surface area contributed by atoms with Gasteiger partial charge in [0.15, 0.2) is 11.6 Å². The van der Waals surface area contributed by atoms with Gasteiger partial charge >= 0.3 is 0 Å². The lowest BCUT2D eigenvalue weighted by atomic mass is 10.1. The zero-order valence-corrected chi connectivity index (χ0v) is 18.1. The summed E-state index contributed by atoms with van der Waals surface area (Å²) in [5, 5.41) is 8.43.